The van der Waals surface area contributed by atoms with E-state index in [1.165, 1.54) is 21.1 Å². The number of amides is 1. The van der Waals surface area contributed by atoms with Crippen LogP contribution in [0.2, 0.25) is 0 Å². The molecule has 196 valence electrons. The number of ether oxygens (including phenoxy) is 3. The summed E-state index contributed by atoms with van der Waals surface area (Å²) in [4.78, 5) is 36.2. The van der Waals surface area contributed by atoms with Crippen LogP contribution in [0.4, 0.5) is 5.82 Å². The fourth-order valence-electron chi connectivity index (χ4n) is 5.01. The van der Waals surface area contributed by atoms with Gasteiger partial charge in [0.1, 0.15) is 15.8 Å². The van der Waals surface area contributed by atoms with Crippen molar-refractivity contribution in [3.05, 3.63) is 68.5 Å². The third kappa shape index (κ3) is 4.44. The van der Waals surface area contributed by atoms with Gasteiger partial charge in [-0.3, -0.25) is 18.9 Å². The highest BCUT2D eigenvalue weighted by atomic mass is 32.2. The van der Waals surface area contributed by atoms with Gasteiger partial charge in [-0.25, -0.2) is 4.98 Å². The summed E-state index contributed by atoms with van der Waals surface area (Å²) in [6.45, 7) is 7.58. The smallest absolute Gasteiger partial charge is 0.267 e. The van der Waals surface area contributed by atoms with Crippen LogP contribution in [0.5, 0.6) is 11.5 Å². The van der Waals surface area contributed by atoms with Crippen molar-refractivity contribution in [2.75, 3.05) is 24.8 Å². The molecule has 11 heteroatoms. The molecule has 0 bridgehead atoms. The number of aryl methyl sites for hydroxylation is 1. The van der Waals surface area contributed by atoms with Crippen molar-refractivity contribution in [2.24, 2.45) is 0 Å². The number of carbonyl (C=O) groups is 1. The molecule has 2 saturated heterocycles. The Bertz CT molecular complexity index is 1560. The van der Waals surface area contributed by atoms with Gasteiger partial charge in [0.25, 0.3) is 11.5 Å². The molecular weight excluding hydrogens is 524 g/mol. The van der Waals surface area contributed by atoms with Gasteiger partial charge in [-0.05, 0) is 56.2 Å². The van der Waals surface area contributed by atoms with Gasteiger partial charge < -0.3 is 19.1 Å². The Labute approximate surface area is 229 Å². The minimum atomic E-state index is -0.249. The summed E-state index contributed by atoms with van der Waals surface area (Å²) in [6.07, 6.45) is 3.30. The van der Waals surface area contributed by atoms with E-state index in [1.54, 1.807) is 12.3 Å². The Morgan fingerprint density at radius 2 is 1.89 bits per heavy atom. The van der Waals surface area contributed by atoms with Gasteiger partial charge in [0.15, 0.2) is 11.5 Å². The maximum atomic E-state index is 13.8. The molecule has 2 fully saturated rings. The molecule has 0 aliphatic carbocycles. The predicted octanol–water partition coefficient (Wildman–Crippen LogP) is 3.75. The van der Waals surface area contributed by atoms with E-state index in [0.29, 0.717) is 50.8 Å². The molecule has 3 aromatic rings. The van der Waals surface area contributed by atoms with E-state index in [2.05, 4.69) is 4.90 Å². The monoisotopic (exact) mass is 550 g/mol. The third-order valence-electron chi connectivity index (χ3n) is 6.71. The van der Waals surface area contributed by atoms with Gasteiger partial charge >= 0.3 is 0 Å². The zero-order chi connectivity index (χ0) is 26.6. The highest BCUT2D eigenvalue weighted by molar-refractivity contribution is 8.26. The number of hydrogen-bond donors (Lipinski definition) is 0. The highest BCUT2D eigenvalue weighted by Gasteiger charge is 2.34. The van der Waals surface area contributed by atoms with Gasteiger partial charge in [-0.2, -0.15) is 0 Å². The van der Waals surface area contributed by atoms with Gasteiger partial charge in [0, 0.05) is 19.3 Å². The lowest BCUT2D eigenvalue weighted by molar-refractivity contribution is -0.122. The van der Waals surface area contributed by atoms with Crippen molar-refractivity contribution < 1.29 is 19.0 Å². The maximum Gasteiger partial charge on any atom is 0.267 e. The lowest BCUT2D eigenvalue weighted by atomic mass is 10.1. The number of morpholine rings is 1. The highest BCUT2D eigenvalue weighted by Crippen LogP contribution is 2.37. The van der Waals surface area contributed by atoms with Crippen LogP contribution in [-0.4, -0.2) is 56.6 Å². The quantitative estimate of drug-likeness (QED) is 0.356. The van der Waals surface area contributed by atoms with Gasteiger partial charge in [0.05, 0.1) is 29.2 Å². The number of pyridine rings is 1. The van der Waals surface area contributed by atoms with E-state index >= 15 is 0 Å². The molecule has 2 unspecified atom stereocenters. The van der Waals surface area contributed by atoms with Gasteiger partial charge in [0.2, 0.25) is 6.79 Å². The fraction of sp³-hybridized carbons (Fsp3) is 0.333. The van der Waals surface area contributed by atoms with Crippen LogP contribution in [-0.2, 0) is 16.1 Å². The van der Waals surface area contributed by atoms with Crippen LogP contribution in [0.3, 0.4) is 0 Å². The molecular formula is C27H26N4O5S2. The molecule has 0 N–H and O–H groups in total. The summed E-state index contributed by atoms with van der Waals surface area (Å²) in [5.41, 5.74) is 2.47. The van der Waals surface area contributed by atoms with Crippen LogP contribution >= 0.6 is 24.0 Å². The van der Waals surface area contributed by atoms with Crippen molar-refractivity contribution in [1.82, 2.24) is 14.3 Å². The first-order valence-corrected chi connectivity index (χ1v) is 13.6. The Kier molecular flexibility index (Phi) is 6.37. The first-order valence-electron chi connectivity index (χ1n) is 12.3. The largest absolute Gasteiger partial charge is 0.454 e. The number of rotatable bonds is 4. The Hall–Kier alpha value is -3.41. The average molecular weight is 551 g/mol. The molecule has 3 aliphatic heterocycles. The Balaban J connectivity index is 1.39. The summed E-state index contributed by atoms with van der Waals surface area (Å²) in [6, 6.07) is 9.31. The number of aromatic nitrogens is 2. The number of hydrogen-bond acceptors (Lipinski definition) is 9. The third-order valence-corrected chi connectivity index (χ3v) is 8.09. The van der Waals surface area contributed by atoms with Crippen LogP contribution in [0.1, 0.15) is 30.5 Å². The van der Waals surface area contributed by atoms with Crippen molar-refractivity contribution in [3.8, 4) is 11.5 Å². The molecule has 9 nitrogen and oxygen atoms in total. The summed E-state index contributed by atoms with van der Waals surface area (Å²) >= 11 is 6.76. The molecule has 5 heterocycles. The van der Waals surface area contributed by atoms with E-state index in [9.17, 15) is 9.59 Å². The van der Waals surface area contributed by atoms with E-state index in [0.717, 1.165) is 11.1 Å². The molecule has 2 atom stereocenters. The molecule has 0 saturated carbocycles. The summed E-state index contributed by atoms with van der Waals surface area (Å²) < 4.78 is 18.7. The second-order valence-corrected chi connectivity index (χ2v) is 11.3. The fourth-order valence-corrected chi connectivity index (χ4v) is 6.24. The molecule has 0 spiro atoms. The van der Waals surface area contributed by atoms with Crippen molar-refractivity contribution in [3.63, 3.8) is 0 Å². The number of thioether (sulfide) groups is 1. The minimum absolute atomic E-state index is 0.0244. The first kappa shape index (κ1) is 24.9. The topological polar surface area (TPSA) is 85.6 Å². The molecule has 2 aromatic heterocycles. The number of nitrogens with zero attached hydrogens (tertiary/aromatic N) is 4. The van der Waals surface area contributed by atoms with Crippen LogP contribution in [0.25, 0.3) is 11.7 Å². The van der Waals surface area contributed by atoms with Crippen LogP contribution in [0, 0.1) is 6.92 Å². The number of thiocarbonyl (C=S) groups is 1. The normalized spacial score (nSPS) is 22.2. The predicted molar refractivity (Wildman–Crippen MR) is 150 cm³/mol. The molecule has 1 aromatic carbocycles. The van der Waals surface area contributed by atoms with Crippen molar-refractivity contribution in [2.45, 2.75) is 39.5 Å². The van der Waals surface area contributed by atoms with Gasteiger partial charge in [-0.1, -0.05) is 36.1 Å². The minimum Gasteiger partial charge on any atom is -0.454 e. The Morgan fingerprint density at radius 1 is 1.13 bits per heavy atom. The van der Waals surface area contributed by atoms with E-state index < -0.39 is 0 Å². The molecule has 0 radical (unpaired) electrons. The molecule has 1 amide bonds. The zero-order valence-electron chi connectivity index (χ0n) is 21.2. The SMILES string of the molecule is Cc1cccn2c(=O)c(/C=C3/SC(=S)N(Cc4ccc5c(c4)OCO5)C3=O)c(N3CC(C)OC(C)C3)nc12. The van der Waals surface area contributed by atoms with E-state index in [4.69, 9.17) is 31.4 Å². The zero-order valence-corrected chi connectivity index (χ0v) is 22.8. The van der Waals surface area contributed by atoms with E-state index in [1.807, 2.05) is 51.1 Å². The second-order valence-electron chi connectivity index (χ2n) is 9.66. The summed E-state index contributed by atoms with van der Waals surface area (Å²) in [5, 5.41) is 0. The maximum absolute atomic E-state index is 13.8. The average Bonchev–Trinajstić information content (AvgIpc) is 3.45. The van der Waals surface area contributed by atoms with Crippen LogP contribution < -0.4 is 19.9 Å². The van der Waals surface area contributed by atoms with Crippen LogP contribution in [0.15, 0.2) is 46.2 Å². The summed E-state index contributed by atoms with van der Waals surface area (Å²) in [7, 11) is 0. The molecule has 6 rings (SSSR count). The van der Waals surface area contributed by atoms with Crippen molar-refractivity contribution >= 4 is 51.7 Å². The van der Waals surface area contributed by atoms with E-state index in [-0.39, 0.29) is 37.0 Å². The molecule has 3 aliphatic rings. The lowest BCUT2D eigenvalue weighted by Gasteiger charge is -2.36. The number of anilines is 1. The van der Waals surface area contributed by atoms with Gasteiger partial charge in [-0.15, -0.1) is 0 Å². The lowest BCUT2D eigenvalue weighted by Crippen LogP contribution is -2.46. The molecule has 38 heavy (non-hydrogen) atoms. The number of fused-ring (bicyclic) bond motifs is 2. The number of carbonyl (C=O) groups excluding carboxylic acids is 1. The second kappa shape index (κ2) is 9.72. The Morgan fingerprint density at radius 3 is 2.68 bits per heavy atom. The standard InChI is InChI=1S/C27H26N4O5S2/c1-15-5-4-8-30-23(15)28-24(29-11-16(2)36-17(3)12-29)19(25(30)32)10-22-26(33)31(27(37)38-22)13-18-6-7-20-21(9-18)35-14-34-20/h4-10,16-17H,11-14H2,1-3H3/b22-10+. The first-order chi connectivity index (χ1) is 18.3. The number of benzene rings is 1. The summed E-state index contributed by atoms with van der Waals surface area (Å²) in [5.74, 6) is 1.62. The van der Waals surface area contributed by atoms with Crippen molar-refractivity contribution in [1.29, 1.82) is 0 Å².